The van der Waals surface area contributed by atoms with Crippen LogP contribution in [-0.4, -0.2) is 32.6 Å². The van der Waals surface area contributed by atoms with Crippen molar-refractivity contribution in [2.45, 2.75) is 12.8 Å². The zero-order valence-corrected chi connectivity index (χ0v) is 9.33. The fourth-order valence-electron chi connectivity index (χ4n) is 1.22. The van der Waals surface area contributed by atoms with Crippen molar-refractivity contribution < 1.29 is 4.79 Å². The Kier molecular flexibility index (Phi) is 3.60. The van der Waals surface area contributed by atoms with E-state index < -0.39 is 0 Å². The number of rotatable bonds is 5. The van der Waals surface area contributed by atoms with Crippen LogP contribution in [0.3, 0.4) is 0 Å². The fourth-order valence-corrected chi connectivity index (χ4v) is 1.76. The van der Waals surface area contributed by atoms with Crippen LogP contribution in [0.4, 0.5) is 0 Å². The van der Waals surface area contributed by atoms with E-state index in [4.69, 9.17) is 0 Å². The number of aryl methyl sites for hydroxylation is 1. The smallest absolute Gasteiger partial charge is 0.270 e. The molecule has 2 heterocycles. The van der Waals surface area contributed by atoms with Crippen molar-refractivity contribution in [3.8, 4) is 0 Å². The maximum atomic E-state index is 11.5. The first-order chi connectivity index (χ1) is 7.86. The predicted molar refractivity (Wildman–Crippen MR) is 59.2 cm³/mol. The van der Waals surface area contributed by atoms with Gasteiger partial charge in [0.2, 0.25) is 0 Å². The summed E-state index contributed by atoms with van der Waals surface area (Å²) in [5, 5.41) is 11.0. The van der Waals surface area contributed by atoms with E-state index in [0.29, 0.717) is 12.2 Å². The molecule has 0 spiro atoms. The summed E-state index contributed by atoms with van der Waals surface area (Å²) >= 11 is 1.41. The second-order valence-electron chi connectivity index (χ2n) is 3.17. The lowest BCUT2D eigenvalue weighted by molar-refractivity contribution is 0.0949. The Hall–Kier alpha value is -1.76. The van der Waals surface area contributed by atoms with Crippen LogP contribution in [-0.2, 0) is 6.42 Å². The van der Waals surface area contributed by atoms with Crippen molar-refractivity contribution in [2.24, 2.45) is 0 Å². The second-order valence-corrected chi connectivity index (χ2v) is 3.88. The van der Waals surface area contributed by atoms with E-state index in [0.717, 1.165) is 18.7 Å². The highest BCUT2D eigenvalue weighted by Gasteiger charge is 2.05. The number of amides is 1. The summed E-state index contributed by atoms with van der Waals surface area (Å²) in [5.41, 5.74) is 2.12. The minimum atomic E-state index is -0.126. The first-order valence-electron chi connectivity index (χ1n) is 4.87. The van der Waals surface area contributed by atoms with Crippen LogP contribution < -0.4 is 5.32 Å². The Labute approximate surface area is 96.1 Å². The summed E-state index contributed by atoms with van der Waals surface area (Å²) in [5.74, 6) is 0.710. The number of hydrogen-bond donors (Lipinski definition) is 2. The summed E-state index contributed by atoms with van der Waals surface area (Å²) in [6, 6.07) is 0. The zero-order chi connectivity index (χ0) is 11.2. The molecule has 0 aromatic carbocycles. The minimum Gasteiger partial charge on any atom is -0.351 e. The monoisotopic (exact) mass is 237 g/mol. The molecule has 0 aliphatic carbocycles. The summed E-state index contributed by atoms with van der Waals surface area (Å²) in [7, 11) is 0. The number of aromatic amines is 1. The molecule has 0 aliphatic rings. The van der Waals surface area contributed by atoms with Gasteiger partial charge in [0, 0.05) is 18.3 Å². The van der Waals surface area contributed by atoms with E-state index in [1.807, 2.05) is 0 Å². The molecule has 2 aromatic rings. The van der Waals surface area contributed by atoms with Crippen LogP contribution in [0.5, 0.6) is 0 Å². The number of carbonyl (C=O) groups excluding carboxylic acids is 1. The normalized spacial score (nSPS) is 10.2. The lowest BCUT2D eigenvalue weighted by Crippen LogP contribution is -2.25. The van der Waals surface area contributed by atoms with Gasteiger partial charge >= 0.3 is 0 Å². The van der Waals surface area contributed by atoms with Gasteiger partial charge in [-0.15, -0.1) is 11.3 Å². The van der Waals surface area contributed by atoms with Gasteiger partial charge in [0.25, 0.3) is 5.91 Å². The molecule has 7 heteroatoms. The van der Waals surface area contributed by atoms with Gasteiger partial charge in [0.1, 0.15) is 17.8 Å². The van der Waals surface area contributed by atoms with Gasteiger partial charge in [0.05, 0.1) is 5.51 Å². The topological polar surface area (TPSA) is 83.6 Å². The van der Waals surface area contributed by atoms with Crippen molar-refractivity contribution in [1.29, 1.82) is 0 Å². The third-order valence-electron chi connectivity index (χ3n) is 2.01. The van der Waals surface area contributed by atoms with Gasteiger partial charge < -0.3 is 5.32 Å². The highest BCUT2D eigenvalue weighted by Crippen LogP contribution is 2.00. The Bertz CT molecular complexity index is 425. The molecular weight excluding hydrogens is 226 g/mol. The maximum absolute atomic E-state index is 11.5. The number of aromatic nitrogens is 4. The average Bonchev–Trinajstić information content (AvgIpc) is 2.96. The quantitative estimate of drug-likeness (QED) is 0.747. The Morgan fingerprint density at radius 3 is 3.12 bits per heavy atom. The molecule has 0 unspecified atom stereocenters. The number of carbonyl (C=O) groups is 1. The average molecular weight is 237 g/mol. The first-order valence-corrected chi connectivity index (χ1v) is 5.81. The zero-order valence-electron chi connectivity index (χ0n) is 8.51. The van der Waals surface area contributed by atoms with E-state index in [-0.39, 0.29) is 5.91 Å². The number of thiazole rings is 1. The number of hydrogen-bond acceptors (Lipinski definition) is 5. The lowest BCUT2D eigenvalue weighted by atomic mass is 10.3. The van der Waals surface area contributed by atoms with Crippen molar-refractivity contribution in [2.75, 3.05) is 6.54 Å². The van der Waals surface area contributed by atoms with Crippen molar-refractivity contribution in [3.63, 3.8) is 0 Å². The number of nitrogens with one attached hydrogen (secondary N) is 2. The largest absolute Gasteiger partial charge is 0.351 e. The van der Waals surface area contributed by atoms with Crippen molar-refractivity contribution in [1.82, 2.24) is 25.5 Å². The van der Waals surface area contributed by atoms with Crippen LogP contribution in [0.2, 0.25) is 0 Å². The SMILES string of the molecule is O=C(NCCCc1ncn[nH]1)c1cscn1. The Morgan fingerprint density at radius 1 is 1.50 bits per heavy atom. The third kappa shape index (κ3) is 2.86. The van der Waals surface area contributed by atoms with Crippen LogP contribution in [0, 0.1) is 0 Å². The van der Waals surface area contributed by atoms with E-state index in [1.54, 1.807) is 10.9 Å². The van der Waals surface area contributed by atoms with Crippen LogP contribution in [0.25, 0.3) is 0 Å². The van der Waals surface area contributed by atoms with E-state index in [9.17, 15) is 4.79 Å². The van der Waals surface area contributed by atoms with Crippen molar-refractivity contribution in [3.05, 3.63) is 28.7 Å². The van der Waals surface area contributed by atoms with Gasteiger partial charge in [-0.2, -0.15) is 5.10 Å². The molecule has 0 aliphatic heterocycles. The van der Waals surface area contributed by atoms with E-state index in [2.05, 4.69) is 25.5 Å². The van der Waals surface area contributed by atoms with Crippen LogP contribution >= 0.6 is 11.3 Å². The van der Waals surface area contributed by atoms with Gasteiger partial charge in [-0.05, 0) is 6.42 Å². The number of H-pyrrole nitrogens is 1. The Morgan fingerprint density at radius 2 is 2.44 bits per heavy atom. The second kappa shape index (κ2) is 5.36. The molecule has 84 valence electrons. The molecule has 2 rings (SSSR count). The molecule has 1 amide bonds. The maximum Gasteiger partial charge on any atom is 0.270 e. The Balaban J connectivity index is 1.67. The molecule has 6 nitrogen and oxygen atoms in total. The summed E-state index contributed by atoms with van der Waals surface area (Å²) in [6.07, 6.45) is 3.08. The molecule has 16 heavy (non-hydrogen) atoms. The van der Waals surface area contributed by atoms with E-state index in [1.165, 1.54) is 17.7 Å². The van der Waals surface area contributed by atoms with Gasteiger partial charge in [-0.25, -0.2) is 9.97 Å². The summed E-state index contributed by atoms with van der Waals surface area (Å²) in [6.45, 7) is 0.608. The van der Waals surface area contributed by atoms with Gasteiger partial charge in [-0.3, -0.25) is 9.89 Å². The molecule has 0 saturated heterocycles. The highest BCUT2D eigenvalue weighted by atomic mass is 32.1. The molecule has 0 bridgehead atoms. The van der Waals surface area contributed by atoms with Crippen LogP contribution in [0.1, 0.15) is 22.7 Å². The third-order valence-corrected chi connectivity index (χ3v) is 2.59. The predicted octanol–water partition coefficient (Wildman–Crippen LogP) is 0.624. The molecule has 0 radical (unpaired) electrons. The molecule has 0 atom stereocenters. The highest BCUT2D eigenvalue weighted by molar-refractivity contribution is 7.07. The van der Waals surface area contributed by atoms with Crippen LogP contribution in [0.15, 0.2) is 17.2 Å². The molecule has 0 fully saturated rings. The fraction of sp³-hybridized carbons (Fsp3) is 0.333. The summed E-state index contributed by atoms with van der Waals surface area (Å²) in [4.78, 5) is 19.4. The molecular formula is C9H11N5OS. The molecule has 2 N–H and O–H groups in total. The molecule has 0 saturated carbocycles. The lowest BCUT2D eigenvalue weighted by Gasteiger charge is -2.01. The van der Waals surface area contributed by atoms with Crippen molar-refractivity contribution >= 4 is 17.2 Å². The molecule has 2 aromatic heterocycles. The van der Waals surface area contributed by atoms with Gasteiger partial charge in [0.15, 0.2) is 0 Å². The van der Waals surface area contributed by atoms with Gasteiger partial charge in [-0.1, -0.05) is 0 Å². The van der Waals surface area contributed by atoms with E-state index >= 15 is 0 Å². The first kappa shape index (κ1) is 10.7. The standard InChI is InChI=1S/C9H11N5OS/c15-9(7-4-16-6-12-7)10-3-1-2-8-11-5-13-14-8/h4-6H,1-3H2,(H,10,15)(H,11,13,14). The summed E-state index contributed by atoms with van der Waals surface area (Å²) < 4.78 is 0. The number of nitrogens with zero attached hydrogens (tertiary/aromatic N) is 3. The minimum absolute atomic E-state index is 0.126.